The van der Waals surface area contributed by atoms with Crippen molar-refractivity contribution in [3.63, 3.8) is 0 Å². The van der Waals surface area contributed by atoms with Crippen molar-refractivity contribution >= 4 is 38.9 Å². The number of fused-ring (bicyclic) bond motifs is 4. The summed E-state index contributed by atoms with van der Waals surface area (Å²) in [6.45, 7) is 5.40. The van der Waals surface area contributed by atoms with Crippen LogP contribution in [0.15, 0.2) is 128 Å². The van der Waals surface area contributed by atoms with Crippen molar-refractivity contribution in [2.45, 2.75) is 70.6 Å². The summed E-state index contributed by atoms with van der Waals surface area (Å²) in [7, 11) is 2.14. The molecule has 0 unspecified atom stereocenters. The van der Waals surface area contributed by atoms with E-state index in [1.54, 1.807) is 0 Å². The lowest BCUT2D eigenvalue weighted by Gasteiger charge is -2.62. The molecule has 0 spiro atoms. The van der Waals surface area contributed by atoms with Crippen LogP contribution in [0.1, 0.15) is 79.2 Å². The molecule has 3 heterocycles. The van der Waals surface area contributed by atoms with Crippen LogP contribution in [0.2, 0.25) is 0 Å². The standard InChI is InChI=1S/C52H52N4O/c1-33-14-16-36(17-15-33)52(39-23-34-22-35(25-39)26-40(52)24-34)37-20-21-53-50(29-37)56-46-11-7-6-10-44(46)45-19-18-42(31-49(45)56)57-43-28-38(51(2,3)4)27-41(30-43)55-32-54(5)47-12-8-9-13-48(47)55/h6-21,27-31,34-35,39-40H,22-26,32H2,1-5H3/i1D3. The van der Waals surface area contributed by atoms with Crippen molar-refractivity contribution in [1.82, 2.24) is 9.55 Å². The highest BCUT2D eigenvalue weighted by atomic mass is 16.5. The predicted octanol–water partition coefficient (Wildman–Crippen LogP) is 12.9. The van der Waals surface area contributed by atoms with Crippen LogP contribution in [0.25, 0.3) is 27.6 Å². The molecule has 7 aromatic rings. The summed E-state index contributed by atoms with van der Waals surface area (Å²) in [6.07, 6.45) is 8.26. The second-order valence-electron chi connectivity index (χ2n) is 18.5. The van der Waals surface area contributed by atoms with Gasteiger partial charge in [-0.2, -0.15) is 0 Å². The number of ether oxygens (including phenoxy) is 1. The van der Waals surface area contributed by atoms with Gasteiger partial charge in [-0.1, -0.05) is 80.9 Å². The third kappa shape index (κ3) is 5.45. The van der Waals surface area contributed by atoms with Gasteiger partial charge in [0.2, 0.25) is 0 Å². The predicted molar refractivity (Wildman–Crippen MR) is 235 cm³/mol. The topological polar surface area (TPSA) is 33.5 Å². The lowest BCUT2D eigenvalue weighted by molar-refractivity contribution is -0.0418. The zero-order valence-electron chi connectivity index (χ0n) is 36.4. The first kappa shape index (κ1) is 31.5. The second kappa shape index (κ2) is 12.7. The normalized spacial score (nSPS) is 24.8. The van der Waals surface area contributed by atoms with E-state index in [9.17, 15) is 0 Å². The van der Waals surface area contributed by atoms with Gasteiger partial charge < -0.3 is 14.5 Å². The highest BCUT2D eigenvalue weighted by molar-refractivity contribution is 6.09. The molecule has 5 heteroatoms. The van der Waals surface area contributed by atoms with E-state index in [1.807, 2.05) is 18.3 Å². The van der Waals surface area contributed by atoms with Gasteiger partial charge in [-0.05, 0) is 139 Å². The molecule has 12 rings (SSSR count). The van der Waals surface area contributed by atoms with E-state index in [-0.39, 0.29) is 10.8 Å². The Labute approximate surface area is 341 Å². The Hall–Kier alpha value is -5.55. The second-order valence-corrected chi connectivity index (χ2v) is 18.5. The van der Waals surface area contributed by atoms with Crippen LogP contribution in [0.3, 0.4) is 0 Å². The SMILES string of the molecule is [2H]C([2H])([2H])c1ccc(C2(c3ccnc(-n4c5ccccc5c5ccc(Oc6cc(N7CN(C)c8ccccc87)cc(C(C)(C)C)c6)cc54)c3)C3CC4CC(C3)CC2C4)cc1. The molecule has 5 aromatic carbocycles. The van der Waals surface area contributed by atoms with E-state index < -0.39 is 6.85 Å². The number of aryl methyl sites for hydroxylation is 1. The first-order valence-electron chi connectivity index (χ1n) is 22.4. The van der Waals surface area contributed by atoms with Crippen LogP contribution >= 0.6 is 0 Å². The van der Waals surface area contributed by atoms with Crippen molar-refractivity contribution < 1.29 is 8.85 Å². The monoisotopic (exact) mass is 751 g/mol. The van der Waals surface area contributed by atoms with Crippen LogP contribution in [0, 0.1) is 30.5 Å². The maximum atomic E-state index is 8.10. The number of anilines is 3. The van der Waals surface area contributed by atoms with E-state index in [0.29, 0.717) is 17.4 Å². The average molecular weight is 752 g/mol. The Morgan fingerprint density at radius 2 is 1.40 bits per heavy atom. The van der Waals surface area contributed by atoms with Gasteiger partial charge in [0.1, 0.15) is 17.3 Å². The largest absolute Gasteiger partial charge is 0.457 e. The minimum Gasteiger partial charge on any atom is -0.457 e. The van der Waals surface area contributed by atoms with E-state index in [2.05, 4.69) is 151 Å². The third-order valence-corrected chi connectivity index (χ3v) is 14.1. The summed E-state index contributed by atoms with van der Waals surface area (Å²) in [4.78, 5) is 9.80. The Bertz CT molecular complexity index is 2770. The first-order chi connectivity index (χ1) is 28.8. The van der Waals surface area contributed by atoms with Crippen molar-refractivity contribution in [1.29, 1.82) is 0 Å². The highest BCUT2D eigenvalue weighted by Crippen LogP contribution is 2.65. The van der Waals surface area contributed by atoms with E-state index >= 15 is 0 Å². The number of rotatable bonds is 6. The third-order valence-electron chi connectivity index (χ3n) is 14.1. The fourth-order valence-electron chi connectivity index (χ4n) is 11.8. The molecular formula is C52H52N4O. The molecule has 0 N–H and O–H groups in total. The minimum atomic E-state index is -2.13. The fraction of sp³-hybridized carbons (Fsp3) is 0.327. The molecule has 0 atom stereocenters. The Kier molecular flexibility index (Phi) is 7.04. The zero-order valence-corrected chi connectivity index (χ0v) is 33.4. The van der Waals surface area contributed by atoms with E-state index in [0.717, 1.165) is 57.9 Å². The van der Waals surface area contributed by atoms with Crippen LogP contribution < -0.4 is 14.5 Å². The van der Waals surface area contributed by atoms with Crippen molar-refractivity contribution in [2.75, 3.05) is 23.5 Å². The molecule has 286 valence electrons. The number of hydrogen-bond acceptors (Lipinski definition) is 4. The molecule has 2 aromatic heterocycles. The minimum absolute atomic E-state index is 0.0849. The molecular weight excluding hydrogens is 697 g/mol. The van der Waals surface area contributed by atoms with Gasteiger partial charge in [-0.3, -0.25) is 4.57 Å². The summed E-state index contributed by atoms with van der Waals surface area (Å²) in [5, 5.41) is 2.32. The molecule has 1 aliphatic heterocycles. The molecule has 4 saturated carbocycles. The van der Waals surface area contributed by atoms with Gasteiger partial charge in [0.15, 0.2) is 0 Å². The lowest BCUT2D eigenvalue weighted by Crippen LogP contribution is -2.56. The number of pyridine rings is 1. The molecule has 5 nitrogen and oxygen atoms in total. The maximum Gasteiger partial charge on any atom is 0.137 e. The number of aromatic nitrogens is 2. The summed E-state index contributed by atoms with van der Waals surface area (Å²) in [5.41, 5.74) is 9.54. The van der Waals surface area contributed by atoms with Gasteiger partial charge >= 0.3 is 0 Å². The molecule has 5 aliphatic rings. The van der Waals surface area contributed by atoms with Gasteiger partial charge in [-0.25, -0.2) is 4.98 Å². The van der Waals surface area contributed by atoms with Gasteiger partial charge in [0, 0.05) is 51.4 Å². The Morgan fingerprint density at radius 1 is 0.684 bits per heavy atom. The quantitative estimate of drug-likeness (QED) is 0.169. The van der Waals surface area contributed by atoms with Gasteiger partial charge in [0.05, 0.1) is 29.1 Å². The van der Waals surface area contributed by atoms with Crippen molar-refractivity contribution in [3.05, 3.63) is 150 Å². The lowest BCUT2D eigenvalue weighted by atomic mass is 9.42. The zero-order chi connectivity index (χ0) is 41.1. The number of hydrogen-bond donors (Lipinski definition) is 0. The van der Waals surface area contributed by atoms with Crippen LogP contribution in [0.4, 0.5) is 17.1 Å². The average Bonchev–Trinajstić information content (AvgIpc) is 3.74. The summed E-state index contributed by atoms with van der Waals surface area (Å²) in [6, 6.07) is 42.9. The first-order valence-corrected chi connectivity index (χ1v) is 20.9. The van der Waals surface area contributed by atoms with Crippen LogP contribution in [0.5, 0.6) is 11.5 Å². The summed E-state index contributed by atoms with van der Waals surface area (Å²) >= 11 is 0. The molecule has 4 fully saturated rings. The molecule has 0 amide bonds. The van der Waals surface area contributed by atoms with Gasteiger partial charge in [0.25, 0.3) is 0 Å². The van der Waals surface area contributed by atoms with Crippen LogP contribution in [-0.2, 0) is 10.8 Å². The maximum absolute atomic E-state index is 8.10. The Morgan fingerprint density at radius 3 is 2.16 bits per heavy atom. The molecule has 4 bridgehead atoms. The molecule has 0 radical (unpaired) electrons. The van der Waals surface area contributed by atoms with Gasteiger partial charge in [-0.15, -0.1) is 0 Å². The number of benzene rings is 5. The Balaban J connectivity index is 1.03. The van der Waals surface area contributed by atoms with E-state index in [4.69, 9.17) is 13.8 Å². The summed E-state index contributed by atoms with van der Waals surface area (Å²) < 4.78 is 33.5. The fourth-order valence-corrected chi connectivity index (χ4v) is 11.8. The smallest absolute Gasteiger partial charge is 0.137 e. The molecule has 57 heavy (non-hydrogen) atoms. The van der Waals surface area contributed by atoms with E-state index in [1.165, 1.54) is 65.6 Å². The summed E-state index contributed by atoms with van der Waals surface area (Å²) in [5.74, 6) is 5.04. The van der Waals surface area contributed by atoms with Crippen molar-refractivity contribution in [2.24, 2.45) is 23.7 Å². The van der Waals surface area contributed by atoms with Crippen LogP contribution in [-0.4, -0.2) is 23.3 Å². The van der Waals surface area contributed by atoms with Crippen molar-refractivity contribution in [3.8, 4) is 17.3 Å². The molecule has 4 aliphatic carbocycles. The number of nitrogens with zero attached hydrogens (tertiary/aromatic N) is 4. The number of para-hydroxylation sites is 3. The molecule has 0 saturated heterocycles. The highest BCUT2D eigenvalue weighted by Gasteiger charge is 2.58.